The first-order chi connectivity index (χ1) is 4.18. The molecule has 0 amide bonds. The van der Waals surface area contributed by atoms with E-state index in [1.165, 1.54) is 0 Å². The molecule has 0 heterocycles. The SMILES string of the molecule is C=C(Br)C(=O)OCCO. The second-order valence-electron chi connectivity index (χ2n) is 1.26. The van der Waals surface area contributed by atoms with Crippen molar-refractivity contribution in [2.24, 2.45) is 0 Å². The van der Waals surface area contributed by atoms with E-state index in [1.807, 2.05) is 0 Å². The van der Waals surface area contributed by atoms with Gasteiger partial charge in [0.2, 0.25) is 0 Å². The molecular formula is C5H7BrO3. The lowest BCUT2D eigenvalue weighted by Crippen LogP contribution is -2.07. The highest BCUT2D eigenvalue weighted by Crippen LogP contribution is 2.01. The van der Waals surface area contributed by atoms with Gasteiger partial charge < -0.3 is 9.84 Å². The fraction of sp³-hybridized carbons (Fsp3) is 0.400. The van der Waals surface area contributed by atoms with Crippen molar-refractivity contribution in [1.29, 1.82) is 0 Å². The van der Waals surface area contributed by atoms with Gasteiger partial charge in [-0.3, -0.25) is 0 Å². The largest absolute Gasteiger partial charge is 0.459 e. The molecule has 0 atom stereocenters. The molecule has 0 unspecified atom stereocenters. The van der Waals surface area contributed by atoms with Crippen LogP contribution in [-0.4, -0.2) is 24.3 Å². The molecule has 4 heteroatoms. The zero-order chi connectivity index (χ0) is 7.28. The third-order valence-electron chi connectivity index (χ3n) is 0.546. The average molecular weight is 195 g/mol. The molecule has 0 aromatic rings. The fourth-order valence-corrected chi connectivity index (χ4v) is 0.331. The van der Waals surface area contributed by atoms with E-state index in [2.05, 4.69) is 27.2 Å². The van der Waals surface area contributed by atoms with Crippen molar-refractivity contribution in [3.63, 3.8) is 0 Å². The van der Waals surface area contributed by atoms with Gasteiger partial charge in [0.05, 0.1) is 11.1 Å². The standard InChI is InChI=1S/C5H7BrO3/c1-4(6)5(8)9-3-2-7/h7H,1-3H2. The van der Waals surface area contributed by atoms with Gasteiger partial charge >= 0.3 is 5.97 Å². The first-order valence-corrected chi connectivity index (χ1v) is 3.10. The molecule has 9 heavy (non-hydrogen) atoms. The molecule has 0 aliphatic carbocycles. The van der Waals surface area contributed by atoms with Gasteiger partial charge in [-0.05, 0) is 15.9 Å². The third-order valence-corrected chi connectivity index (χ3v) is 0.870. The first kappa shape index (κ1) is 8.65. The number of rotatable bonds is 3. The van der Waals surface area contributed by atoms with Crippen molar-refractivity contribution < 1.29 is 14.6 Å². The predicted octanol–water partition coefficient (Wildman–Crippen LogP) is 0.430. The minimum Gasteiger partial charge on any atom is -0.459 e. The number of carbonyl (C=O) groups is 1. The molecule has 0 fully saturated rings. The van der Waals surface area contributed by atoms with Crippen LogP contribution in [0.5, 0.6) is 0 Å². The summed E-state index contributed by atoms with van der Waals surface area (Å²) < 4.78 is 4.58. The Morgan fingerprint density at radius 2 is 2.33 bits per heavy atom. The highest BCUT2D eigenvalue weighted by Gasteiger charge is 2.01. The van der Waals surface area contributed by atoms with Crippen LogP contribution in [0.1, 0.15) is 0 Å². The summed E-state index contributed by atoms with van der Waals surface area (Å²) in [7, 11) is 0. The van der Waals surface area contributed by atoms with E-state index in [9.17, 15) is 4.79 Å². The lowest BCUT2D eigenvalue weighted by Gasteiger charge is -1.98. The van der Waals surface area contributed by atoms with Gasteiger partial charge in [-0.1, -0.05) is 6.58 Å². The molecule has 0 saturated carbocycles. The van der Waals surface area contributed by atoms with Crippen LogP contribution in [0, 0.1) is 0 Å². The maximum atomic E-state index is 10.4. The van der Waals surface area contributed by atoms with E-state index in [1.54, 1.807) is 0 Å². The Morgan fingerprint density at radius 3 is 2.67 bits per heavy atom. The molecule has 0 spiro atoms. The fourth-order valence-electron chi connectivity index (χ4n) is 0.217. The van der Waals surface area contributed by atoms with Crippen molar-refractivity contribution in [2.45, 2.75) is 0 Å². The molecule has 0 aromatic heterocycles. The van der Waals surface area contributed by atoms with Crippen molar-refractivity contribution in [1.82, 2.24) is 0 Å². The maximum absolute atomic E-state index is 10.4. The van der Waals surface area contributed by atoms with Crippen LogP contribution in [-0.2, 0) is 9.53 Å². The summed E-state index contributed by atoms with van der Waals surface area (Å²) in [6, 6.07) is 0. The van der Waals surface area contributed by atoms with Gasteiger partial charge in [0.1, 0.15) is 6.61 Å². The zero-order valence-corrected chi connectivity index (χ0v) is 6.35. The summed E-state index contributed by atoms with van der Waals surface area (Å²) in [5.74, 6) is -0.538. The molecular weight excluding hydrogens is 188 g/mol. The van der Waals surface area contributed by atoms with Gasteiger partial charge in [-0.25, -0.2) is 4.79 Å². The summed E-state index contributed by atoms with van der Waals surface area (Å²) in [6.07, 6.45) is 0. The van der Waals surface area contributed by atoms with Crippen LogP contribution in [0.4, 0.5) is 0 Å². The highest BCUT2D eigenvalue weighted by atomic mass is 79.9. The van der Waals surface area contributed by atoms with Crippen LogP contribution < -0.4 is 0 Å². The van der Waals surface area contributed by atoms with Crippen molar-refractivity contribution in [3.8, 4) is 0 Å². The lowest BCUT2D eigenvalue weighted by molar-refractivity contribution is -0.138. The Balaban J connectivity index is 3.39. The second-order valence-corrected chi connectivity index (χ2v) is 2.22. The molecule has 1 N–H and O–H groups in total. The summed E-state index contributed by atoms with van der Waals surface area (Å²) in [5.41, 5.74) is 0. The zero-order valence-electron chi connectivity index (χ0n) is 4.76. The van der Waals surface area contributed by atoms with Crippen LogP contribution in [0.3, 0.4) is 0 Å². The minimum absolute atomic E-state index is 0.0173. The van der Waals surface area contributed by atoms with Gasteiger partial charge in [-0.2, -0.15) is 0 Å². The Hall–Kier alpha value is -0.350. The highest BCUT2D eigenvalue weighted by molar-refractivity contribution is 9.12. The Morgan fingerprint density at radius 1 is 1.78 bits per heavy atom. The number of halogens is 1. The Kier molecular flexibility index (Phi) is 4.35. The molecule has 3 nitrogen and oxygen atoms in total. The lowest BCUT2D eigenvalue weighted by atomic mass is 10.6. The van der Waals surface area contributed by atoms with Gasteiger partial charge in [0.15, 0.2) is 0 Å². The van der Waals surface area contributed by atoms with Gasteiger partial charge in [0.25, 0.3) is 0 Å². The van der Waals surface area contributed by atoms with E-state index in [0.717, 1.165) is 0 Å². The van der Waals surface area contributed by atoms with Crippen LogP contribution in [0.15, 0.2) is 11.1 Å². The first-order valence-electron chi connectivity index (χ1n) is 2.31. The van der Waals surface area contributed by atoms with E-state index in [4.69, 9.17) is 5.11 Å². The van der Waals surface area contributed by atoms with E-state index in [-0.39, 0.29) is 17.7 Å². The molecule has 0 radical (unpaired) electrons. The number of aliphatic hydroxyl groups is 1. The molecule has 0 rings (SSSR count). The summed E-state index contributed by atoms with van der Waals surface area (Å²) >= 11 is 2.82. The third kappa shape index (κ3) is 4.17. The van der Waals surface area contributed by atoms with Gasteiger partial charge in [0, 0.05) is 0 Å². The predicted molar refractivity (Wildman–Crippen MR) is 36.1 cm³/mol. The molecule has 0 bridgehead atoms. The Labute approximate surface area is 61.4 Å². The summed E-state index contributed by atoms with van der Waals surface area (Å²) in [5, 5.41) is 8.17. The second kappa shape index (κ2) is 4.52. The number of hydrogen-bond donors (Lipinski definition) is 1. The number of esters is 1. The summed E-state index contributed by atoms with van der Waals surface area (Å²) in [6.45, 7) is 3.13. The maximum Gasteiger partial charge on any atom is 0.344 e. The summed E-state index contributed by atoms with van der Waals surface area (Å²) in [4.78, 5) is 10.4. The molecule has 0 aromatic carbocycles. The average Bonchev–Trinajstić information content (AvgIpc) is 1.82. The number of ether oxygens (including phenoxy) is 1. The number of carbonyl (C=O) groups excluding carboxylic acids is 1. The Bertz CT molecular complexity index is 121. The molecule has 52 valence electrons. The smallest absolute Gasteiger partial charge is 0.344 e. The van der Waals surface area contributed by atoms with Crippen LogP contribution >= 0.6 is 15.9 Å². The molecule has 0 aliphatic heterocycles. The van der Waals surface area contributed by atoms with Crippen molar-refractivity contribution >= 4 is 21.9 Å². The number of hydrogen-bond acceptors (Lipinski definition) is 3. The van der Waals surface area contributed by atoms with E-state index < -0.39 is 5.97 Å². The van der Waals surface area contributed by atoms with Crippen molar-refractivity contribution in [2.75, 3.05) is 13.2 Å². The normalized spacial score (nSPS) is 8.67. The topological polar surface area (TPSA) is 46.5 Å². The van der Waals surface area contributed by atoms with Crippen LogP contribution in [0.25, 0.3) is 0 Å². The molecule has 0 aliphatic rings. The van der Waals surface area contributed by atoms with Crippen LogP contribution in [0.2, 0.25) is 0 Å². The monoisotopic (exact) mass is 194 g/mol. The van der Waals surface area contributed by atoms with E-state index in [0.29, 0.717) is 0 Å². The van der Waals surface area contributed by atoms with E-state index >= 15 is 0 Å². The quantitative estimate of drug-likeness (QED) is 0.524. The van der Waals surface area contributed by atoms with Crippen molar-refractivity contribution in [3.05, 3.63) is 11.1 Å². The van der Waals surface area contributed by atoms with Gasteiger partial charge in [-0.15, -0.1) is 0 Å². The molecule has 0 saturated heterocycles. The number of aliphatic hydroxyl groups excluding tert-OH is 1. The minimum atomic E-state index is -0.538.